The number of ether oxygens (including phenoxy) is 1. The minimum atomic E-state index is -0.404. The van der Waals surface area contributed by atoms with Gasteiger partial charge in [-0.25, -0.2) is 0 Å². The molecule has 1 unspecified atom stereocenters. The highest BCUT2D eigenvalue weighted by Crippen LogP contribution is 2.29. The minimum Gasteiger partial charge on any atom is -0.490 e. The van der Waals surface area contributed by atoms with Crippen LogP contribution in [-0.4, -0.2) is 11.2 Å². The van der Waals surface area contributed by atoms with Crippen LogP contribution >= 0.6 is 0 Å². The van der Waals surface area contributed by atoms with E-state index in [1.165, 1.54) is 32.1 Å². The van der Waals surface area contributed by atoms with Crippen molar-refractivity contribution in [3.05, 3.63) is 29.8 Å². The first-order valence-corrected chi connectivity index (χ1v) is 7.13. The van der Waals surface area contributed by atoms with Gasteiger partial charge in [0.2, 0.25) is 0 Å². The standard InChI is InChI=1S/C16H24O2/c1-3-13-4-8-15(9-5-13)18-16-10-6-14(7-11-16)12(2)17/h6-7,10-13,15,17H,3-5,8-9H2,1-2H3. The SMILES string of the molecule is CCC1CCC(Oc2ccc(C(C)O)cc2)CC1. The molecule has 1 saturated carbocycles. The molecular formula is C16H24O2. The van der Waals surface area contributed by atoms with Crippen LogP contribution in [0.5, 0.6) is 5.75 Å². The normalized spacial score (nSPS) is 25.7. The van der Waals surface area contributed by atoms with Gasteiger partial charge in [-0.1, -0.05) is 25.5 Å². The van der Waals surface area contributed by atoms with Crippen LogP contribution in [0.4, 0.5) is 0 Å². The summed E-state index contributed by atoms with van der Waals surface area (Å²) in [6, 6.07) is 7.82. The molecule has 0 aromatic heterocycles. The largest absolute Gasteiger partial charge is 0.490 e. The van der Waals surface area contributed by atoms with Crippen molar-refractivity contribution in [2.24, 2.45) is 5.92 Å². The van der Waals surface area contributed by atoms with E-state index in [0.29, 0.717) is 6.10 Å². The van der Waals surface area contributed by atoms with Crippen LogP contribution in [0.15, 0.2) is 24.3 Å². The fourth-order valence-corrected chi connectivity index (χ4v) is 2.68. The predicted octanol–water partition coefficient (Wildman–Crippen LogP) is 4.09. The van der Waals surface area contributed by atoms with Crippen molar-refractivity contribution in [2.45, 2.75) is 58.2 Å². The van der Waals surface area contributed by atoms with Gasteiger partial charge in [0, 0.05) is 0 Å². The average molecular weight is 248 g/mol. The first-order chi connectivity index (χ1) is 8.69. The minimum absolute atomic E-state index is 0.380. The number of rotatable bonds is 4. The Morgan fingerprint density at radius 2 is 1.78 bits per heavy atom. The monoisotopic (exact) mass is 248 g/mol. The van der Waals surface area contributed by atoms with Crippen molar-refractivity contribution in [2.75, 3.05) is 0 Å². The van der Waals surface area contributed by atoms with Crippen LogP contribution in [0, 0.1) is 5.92 Å². The fraction of sp³-hybridized carbons (Fsp3) is 0.625. The van der Waals surface area contributed by atoms with Gasteiger partial charge in [-0.2, -0.15) is 0 Å². The van der Waals surface area contributed by atoms with Crippen molar-refractivity contribution < 1.29 is 9.84 Å². The van der Waals surface area contributed by atoms with Gasteiger partial charge in [-0.15, -0.1) is 0 Å². The van der Waals surface area contributed by atoms with E-state index in [1.54, 1.807) is 6.92 Å². The van der Waals surface area contributed by atoms with Crippen LogP contribution in [-0.2, 0) is 0 Å². The highest BCUT2D eigenvalue weighted by atomic mass is 16.5. The lowest BCUT2D eigenvalue weighted by molar-refractivity contribution is 0.130. The molecule has 0 heterocycles. The molecule has 0 spiro atoms. The summed E-state index contributed by atoms with van der Waals surface area (Å²) >= 11 is 0. The Hall–Kier alpha value is -1.02. The molecule has 0 aliphatic heterocycles. The molecule has 1 atom stereocenters. The average Bonchev–Trinajstić information content (AvgIpc) is 2.40. The van der Waals surface area contributed by atoms with Gasteiger partial charge in [-0.3, -0.25) is 0 Å². The molecule has 1 aliphatic carbocycles. The van der Waals surface area contributed by atoms with E-state index >= 15 is 0 Å². The lowest BCUT2D eigenvalue weighted by atomic mass is 9.86. The number of hydrogen-bond donors (Lipinski definition) is 1. The van der Waals surface area contributed by atoms with Gasteiger partial charge >= 0.3 is 0 Å². The van der Waals surface area contributed by atoms with Gasteiger partial charge in [0.25, 0.3) is 0 Å². The third-order valence-corrected chi connectivity index (χ3v) is 4.04. The maximum atomic E-state index is 9.45. The zero-order chi connectivity index (χ0) is 13.0. The number of aliphatic hydroxyl groups excluding tert-OH is 1. The third kappa shape index (κ3) is 3.49. The summed E-state index contributed by atoms with van der Waals surface area (Å²) in [5.74, 6) is 1.84. The van der Waals surface area contributed by atoms with E-state index in [0.717, 1.165) is 17.2 Å². The lowest BCUT2D eigenvalue weighted by Crippen LogP contribution is -2.23. The molecule has 1 aromatic carbocycles. The second kappa shape index (κ2) is 6.24. The van der Waals surface area contributed by atoms with Gasteiger partial charge in [0.05, 0.1) is 12.2 Å². The molecule has 0 bridgehead atoms. The summed E-state index contributed by atoms with van der Waals surface area (Å²) in [4.78, 5) is 0. The van der Waals surface area contributed by atoms with Crippen LogP contribution in [0.3, 0.4) is 0 Å². The maximum absolute atomic E-state index is 9.45. The summed E-state index contributed by atoms with van der Waals surface area (Å²) in [5.41, 5.74) is 0.942. The Morgan fingerprint density at radius 3 is 2.28 bits per heavy atom. The number of hydrogen-bond acceptors (Lipinski definition) is 2. The Labute approximate surface area is 110 Å². The molecule has 0 radical (unpaired) electrons. The zero-order valence-corrected chi connectivity index (χ0v) is 11.4. The predicted molar refractivity (Wildman–Crippen MR) is 73.7 cm³/mol. The third-order valence-electron chi connectivity index (χ3n) is 4.04. The molecule has 2 heteroatoms. The molecule has 1 fully saturated rings. The van der Waals surface area contributed by atoms with Crippen LogP contribution in [0.25, 0.3) is 0 Å². The Morgan fingerprint density at radius 1 is 1.17 bits per heavy atom. The van der Waals surface area contributed by atoms with E-state index in [4.69, 9.17) is 4.74 Å². The summed E-state index contributed by atoms with van der Waals surface area (Å²) in [6.45, 7) is 4.06. The topological polar surface area (TPSA) is 29.5 Å². The molecule has 1 aliphatic rings. The van der Waals surface area contributed by atoms with E-state index in [9.17, 15) is 5.11 Å². The zero-order valence-electron chi connectivity index (χ0n) is 11.4. The quantitative estimate of drug-likeness (QED) is 0.869. The highest BCUT2D eigenvalue weighted by molar-refractivity contribution is 5.28. The van der Waals surface area contributed by atoms with Crippen LogP contribution in [0.1, 0.15) is 57.6 Å². The molecule has 2 nitrogen and oxygen atoms in total. The summed E-state index contributed by atoms with van der Waals surface area (Å²) in [5, 5.41) is 9.45. The summed E-state index contributed by atoms with van der Waals surface area (Å²) < 4.78 is 6.00. The molecule has 100 valence electrons. The van der Waals surface area contributed by atoms with E-state index in [1.807, 2.05) is 24.3 Å². The summed E-state index contributed by atoms with van der Waals surface area (Å²) in [7, 11) is 0. The van der Waals surface area contributed by atoms with Gasteiger partial charge in [0.1, 0.15) is 5.75 Å². The molecular weight excluding hydrogens is 224 g/mol. The molecule has 0 saturated heterocycles. The van der Waals surface area contributed by atoms with Crippen molar-refractivity contribution >= 4 is 0 Å². The number of benzene rings is 1. The first-order valence-electron chi connectivity index (χ1n) is 7.13. The molecule has 1 aromatic rings. The second-order valence-corrected chi connectivity index (χ2v) is 5.41. The van der Waals surface area contributed by atoms with Crippen molar-refractivity contribution in [3.63, 3.8) is 0 Å². The van der Waals surface area contributed by atoms with Crippen LogP contribution < -0.4 is 4.74 Å². The van der Waals surface area contributed by atoms with E-state index < -0.39 is 6.10 Å². The smallest absolute Gasteiger partial charge is 0.119 e. The first kappa shape index (κ1) is 13.4. The van der Waals surface area contributed by atoms with Crippen molar-refractivity contribution in [1.82, 2.24) is 0 Å². The molecule has 1 N–H and O–H groups in total. The number of aliphatic hydroxyl groups is 1. The summed E-state index contributed by atoms with van der Waals surface area (Å²) in [6.07, 6.45) is 6.23. The molecule has 18 heavy (non-hydrogen) atoms. The van der Waals surface area contributed by atoms with Crippen molar-refractivity contribution in [3.8, 4) is 5.75 Å². The van der Waals surface area contributed by atoms with Crippen LogP contribution in [0.2, 0.25) is 0 Å². The highest BCUT2D eigenvalue weighted by Gasteiger charge is 2.21. The van der Waals surface area contributed by atoms with E-state index in [-0.39, 0.29) is 0 Å². The van der Waals surface area contributed by atoms with Gasteiger partial charge < -0.3 is 9.84 Å². The Bertz CT molecular complexity index is 348. The second-order valence-electron chi connectivity index (χ2n) is 5.41. The van der Waals surface area contributed by atoms with E-state index in [2.05, 4.69) is 6.92 Å². The fourth-order valence-electron chi connectivity index (χ4n) is 2.68. The molecule has 2 rings (SSSR count). The Kier molecular flexibility index (Phi) is 4.65. The maximum Gasteiger partial charge on any atom is 0.119 e. The van der Waals surface area contributed by atoms with Crippen molar-refractivity contribution in [1.29, 1.82) is 0 Å². The molecule has 0 amide bonds. The lowest BCUT2D eigenvalue weighted by Gasteiger charge is -2.28. The van der Waals surface area contributed by atoms with Gasteiger partial charge in [0.15, 0.2) is 0 Å². The Balaban J connectivity index is 1.86. The van der Waals surface area contributed by atoms with Gasteiger partial charge in [-0.05, 0) is 56.2 Å².